The zero-order chi connectivity index (χ0) is 19.1. The fraction of sp³-hybridized carbons (Fsp3) is 0.680. The number of benzene rings is 1. The highest BCUT2D eigenvalue weighted by atomic mass is 15.2. The molecule has 0 amide bonds. The topological polar surface area (TPSA) is 15.3 Å². The Labute approximate surface area is 166 Å². The van der Waals surface area contributed by atoms with Gasteiger partial charge in [-0.05, 0) is 78.5 Å². The maximum atomic E-state index is 3.90. The third kappa shape index (κ3) is 4.84. The second kappa shape index (κ2) is 7.37. The van der Waals surface area contributed by atoms with Crippen molar-refractivity contribution in [3.63, 3.8) is 0 Å². The summed E-state index contributed by atoms with van der Waals surface area (Å²) in [7, 11) is 0. The molecular formula is C25H38N2. The molecule has 0 radical (unpaired) electrons. The lowest BCUT2D eigenvalue weighted by Crippen LogP contribution is -2.35. The van der Waals surface area contributed by atoms with E-state index in [0.717, 1.165) is 12.6 Å². The highest BCUT2D eigenvalue weighted by Gasteiger charge is 2.34. The monoisotopic (exact) mass is 366 g/mol. The number of hydrogen-bond donors (Lipinski definition) is 1. The molecule has 2 aliphatic carbocycles. The van der Waals surface area contributed by atoms with E-state index in [4.69, 9.17) is 0 Å². The van der Waals surface area contributed by atoms with Gasteiger partial charge in [-0.25, -0.2) is 0 Å². The standard InChI is InChI=1S/C25H38N2/c1-24(2)14-20(15-25(3,4)17-24)21-8-5-6-9-22(21)23-10-7-13-27(18-26-23)16-19-11-12-19/h5-6,8-9,14,19,23,26H,7,10-13,15-18H2,1-4H3. The summed E-state index contributed by atoms with van der Waals surface area (Å²) in [6.45, 7) is 13.3. The summed E-state index contributed by atoms with van der Waals surface area (Å²) in [6.07, 6.45) is 10.5. The van der Waals surface area contributed by atoms with Crippen molar-refractivity contribution in [1.82, 2.24) is 10.2 Å². The predicted octanol–water partition coefficient (Wildman–Crippen LogP) is 6.01. The Kier molecular flexibility index (Phi) is 5.24. The van der Waals surface area contributed by atoms with Crippen LogP contribution in [0.25, 0.3) is 5.57 Å². The minimum absolute atomic E-state index is 0.280. The van der Waals surface area contributed by atoms with E-state index in [1.54, 1.807) is 5.57 Å². The van der Waals surface area contributed by atoms with E-state index < -0.39 is 0 Å². The molecule has 2 nitrogen and oxygen atoms in total. The zero-order valence-electron chi connectivity index (χ0n) is 17.9. The van der Waals surface area contributed by atoms with Crippen LogP contribution in [0.3, 0.4) is 0 Å². The summed E-state index contributed by atoms with van der Waals surface area (Å²) in [5.74, 6) is 0.979. The lowest BCUT2D eigenvalue weighted by Gasteiger charge is -2.40. The highest BCUT2D eigenvalue weighted by Crippen LogP contribution is 2.48. The van der Waals surface area contributed by atoms with E-state index in [1.165, 1.54) is 62.7 Å². The van der Waals surface area contributed by atoms with Crippen molar-refractivity contribution < 1.29 is 0 Å². The van der Waals surface area contributed by atoms with Crippen LogP contribution >= 0.6 is 0 Å². The molecule has 2 heteroatoms. The van der Waals surface area contributed by atoms with Gasteiger partial charge in [0.05, 0.1) is 0 Å². The summed E-state index contributed by atoms with van der Waals surface area (Å²) in [5.41, 5.74) is 5.23. The lowest BCUT2D eigenvalue weighted by molar-refractivity contribution is 0.228. The molecule has 1 atom stereocenters. The molecule has 1 unspecified atom stereocenters. The quantitative estimate of drug-likeness (QED) is 0.702. The van der Waals surface area contributed by atoms with Gasteiger partial charge in [0.2, 0.25) is 0 Å². The molecule has 27 heavy (non-hydrogen) atoms. The van der Waals surface area contributed by atoms with Gasteiger partial charge in [0.25, 0.3) is 0 Å². The normalized spacial score (nSPS) is 28.4. The molecule has 148 valence electrons. The van der Waals surface area contributed by atoms with Crippen LogP contribution < -0.4 is 5.32 Å². The molecular weight excluding hydrogens is 328 g/mol. The van der Waals surface area contributed by atoms with Crippen LogP contribution in [-0.4, -0.2) is 24.7 Å². The largest absolute Gasteiger partial charge is 0.297 e. The van der Waals surface area contributed by atoms with Gasteiger partial charge in [0.15, 0.2) is 0 Å². The lowest BCUT2D eigenvalue weighted by atomic mass is 9.65. The molecule has 1 saturated carbocycles. The summed E-state index contributed by atoms with van der Waals surface area (Å²) in [4.78, 5) is 2.65. The molecule has 0 spiro atoms. The van der Waals surface area contributed by atoms with Crippen molar-refractivity contribution in [2.75, 3.05) is 19.8 Å². The van der Waals surface area contributed by atoms with Crippen molar-refractivity contribution in [2.24, 2.45) is 16.7 Å². The van der Waals surface area contributed by atoms with E-state index >= 15 is 0 Å². The fourth-order valence-corrected chi connectivity index (χ4v) is 5.68. The molecule has 0 aromatic heterocycles. The third-order valence-corrected chi connectivity index (χ3v) is 6.59. The van der Waals surface area contributed by atoms with E-state index in [-0.39, 0.29) is 5.41 Å². The maximum Gasteiger partial charge on any atom is 0.0485 e. The first-order valence-electron chi connectivity index (χ1n) is 11.1. The van der Waals surface area contributed by atoms with E-state index in [9.17, 15) is 0 Å². The Hall–Kier alpha value is -1.12. The van der Waals surface area contributed by atoms with Gasteiger partial charge >= 0.3 is 0 Å². The summed E-state index contributed by atoms with van der Waals surface area (Å²) < 4.78 is 0. The van der Waals surface area contributed by atoms with Crippen LogP contribution in [0.4, 0.5) is 0 Å². The van der Waals surface area contributed by atoms with Crippen LogP contribution in [0.2, 0.25) is 0 Å². The van der Waals surface area contributed by atoms with Crippen LogP contribution in [0.15, 0.2) is 30.3 Å². The van der Waals surface area contributed by atoms with Gasteiger partial charge in [-0.1, -0.05) is 58.0 Å². The molecule has 1 aliphatic heterocycles. The number of hydrogen-bond acceptors (Lipinski definition) is 2. The van der Waals surface area contributed by atoms with Crippen molar-refractivity contribution in [2.45, 2.75) is 72.3 Å². The summed E-state index contributed by atoms with van der Waals surface area (Å²) >= 11 is 0. The summed E-state index contributed by atoms with van der Waals surface area (Å²) in [6, 6.07) is 9.68. The number of rotatable bonds is 4. The van der Waals surface area contributed by atoms with E-state index in [2.05, 4.69) is 68.3 Å². The van der Waals surface area contributed by atoms with Crippen molar-refractivity contribution in [3.05, 3.63) is 41.5 Å². The van der Waals surface area contributed by atoms with Crippen molar-refractivity contribution in [3.8, 4) is 0 Å². The predicted molar refractivity (Wildman–Crippen MR) is 115 cm³/mol. The smallest absolute Gasteiger partial charge is 0.0485 e. The Morgan fingerprint density at radius 2 is 1.85 bits per heavy atom. The summed E-state index contributed by atoms with van der Waals surface area (Å²) in [5, 5.41) is 3.90. The molecule has 3 aliphatic rings. The molecule has 1 saturated heterocycles. The maximum absolute atomic E-state index is 3.90. The minimum atomic E-state index is 0.280. The molecule has 2 fully saturated rings. The Morgan fingerprint density at radius 1 is 1.07 bits per heavy atom. The average molecular weight is 367 g/mol. The number of nitrogens with one attached hydrogen (secondary N) is 1. The SMILES string of the molecule is CC1(C)C=C(c2ccccc2C2CCCN(CC3CC3)CN2)CC(C)(C)C1. The molecule has 1 aromatic carbocycles. The minimum Gasteiger partial charge on any atom is -0.297 e. The van der Waals surface area contributed by atoms with Crippen molar-refractivity contribution >= 4 is 5.57 Å². The van der Waals surface area contributed by atoms with Crippen molar-refractivity contribution in [1.29, 1.82) is 0 Å². The Bertz CT molecular complexity index is 696. The van der Waals surface area contributed by atoms with E-state index in [1.807, 2.05) is 0 Å². The Morgan fingerprint density at radius 3 is 2.59 bits per heavy atom. The first-order chi connectivity index (χ1) is 12.8. The fourth-order valence-electron chi connectivity index (χ4n) is 5.68. The van der Waals surface area contributed by atoms with E-state index in [0.29, 0.717) is 11.5 Å². The number of nitrogens with zero attached hydrogens (tertiary/aromatic N) is 1. The highest BCUT2D eigenvalue weighted by molar-refractivity contribution is 5.70. The second-order valence-corrected chi connectivity index (χ2v) is 10.8. The molecule has 4 rings (SSSR count). The van der Waals surface area contributed by atoms with Crippen LogP contribution in [0.5, 0.6) is 0 Å². The third-order valence-electron chi connectivity index (χ3n) is 6.59. The molecule has 1 N–H and O–H groups in total. The van der Waals surface area contributed by atoms with Gasteiger partial charge < -0.3 is 0 Å². The van der Waals surface area contributed by atoms with Gasteiger partial charge in [0.1, 0.15) is 0 Å². The molecule has 1 heterocycles. The molecule has 1 aromatic rings. The van der Waals surface area contributed by atoms with Crippen LogP contribution in [-0.2, 0) is 0 Å². The first kappa shape index (κ1) is 19.2. The Balaban J connectivity index is 1.57. The average Bonchev–Trinajstić information content (AvgIpc) is 3.40. The van der Waals surface area contributed by atoms with Crippen LogP contribution in [0, 0.1) is 16.7 Å². The zero-order valence-corrected chi connectivity index (χ0v) is 17.9. The van der Waals surface area contributed by atoms with Gasteiger partial charge in [-0.3, -0.25) is 10.2 Å². The van der Waals surface area contributed by atoms with Gasteiger partial charge in [-0.2, -0.15) is 0 Å². The van der Waals surface area contributed by atoms with Crippen LogP contribution in [0.1, 0.15) is 83.4 Å². The molecule has 0 bridgehead atoms. The van der Waals surface area contributed by atoms with Gasteiger partial charge in [0, 0.05) is 19.3 Å². The number of allylic oxidation sites excluding steroid dienone is 2. The van der Waals surface area contributed by atoms with Gasteiger partial charge in [-0.15, -0.1) is 0 Å². The second-order valence-electron chi connectivity index (χ2n) is 10.8. The first-order valence-corrected chi connectivity index (χ1v) is 11.1.